The van der Waals surface area contributed by atoms with Crippen LogP contribution in [0.2, 0.25) is 0 Å². The number of para-hydroxylation sites is 1. The van der Waals surface area contributed by atoms with Gasteiger partial charge in [0.05, 0.1) is 6.10 Å². The second-order valence-corrected chi connectivity index (χ2v) is 3.43. The first-order valence-electron chi connectivity index (χ1n) is 4.35. The fourth-order valence-corrected chi connectivity index (χ4v) is 1.27. The lowest BCUT2D eigenvalue weighted by molar-refractivity contribution is 0.240. The number of thiol groups is 1. The molecule has 1 aromatic rings. The van der Waals surface area contributed by atoms with Crippen molar-refractivity contribution in [1.29, 1.82) is 0 Å². The molecule has 0 radical (unpaired) electrons. The van der Waals surface area contributed by atoms with Crippen molar-refractivity contribution >= 4 is 12.8 Å². The number of hydrogen-bond acceptors (Lipinski definition) is 3. The van der Waals surface area contributed by atoms with E-state index in [1.54, 1.807) is 0 Å². The summed E-state index contributed by atoms with van der Waals surface area (Å²) in [6.45, 7) is 4.75. The van der Waals surface area contributed by atoms with Crippen LogP contribution in [0, 0.1) is 0 Å². The van der Waals surface area contributed by atoms with Crippen LogP contribution in [0.25, 0.3) is 0 Å². The summed E-state index contributed by atoms with van der Waals surface area (Å²) >= 11 is 3.96. The van der Waals surface area contributed by atoms with Crippen LogP contribution in [0.15, 0.2) is 24.3 Å². The van der Waals surface area contributed by atoms with Gasteiger partial charge in [0.2, 0.25) is 0 Å². The normalized spacial score (nSPS) is 10.5. The van der Waals surface area contributed by atoms with Crippen molar-refractivity contribution in [1.82, 2.24) is 4.72 Å². The molecule has 13 heavy (non-hydrogen) atoms. The lowest BCUT2D eigenvalue weighted by atomic mass is 10.2. The summed E-state index contributed by atoms with van der Waals surface area (Å²) in [4.78, 5) is 0. The van der Waals surface area contributed by atoms with Crippen LogP contribution in [0.5, 0.6) is 5.75 Å². The van der Waals surface area contributed by atoms with E-state index in [1.165, 1.54) is 0 Å². The largest absolute Gasteiger partial charge is 0.491 e. The molecule has 0 spiro atoms. The fourth-order valence-electron chi connectivity index (χ4n) is 1.10. The van der Waals surface area contributed by atoms with Crippen molar-refractivity contribution in [3.63, 3.8) is 0 Å². The summed E-state index contributed by atoms with van der Waals surface area (Å²) in [5.74, 6) is 0.930. The van der Waals surface area contributed by atoms with Gasteiger partial charge in [-0.25, -0.2) is 0 Å². The number of benzene rings is 1. The van der Waals surface area contributed by atoms with E-state index in [-0.39, 0.29) is 6.10 Å². The van der Waals surface area contributed by atoms with Crippen LogP contribution in [-0.2, 0) is 6.54 Å². The van der Waals surface area contributed by atoms with Crippen LogP contribution < -0.4 is 9.46 Å². The number of hydrogen-bond donors (Lipinski definition) is 2. The Balaban J connectivity index is 2.78. The van der Waals surface area contributed by atoms with Gasteiger partial charge >= 0.3 is 0 Å². The zero-order valence-corrected chi connectivity index (χ0v) is 8.84. The zero-order valence-electron chi connectivity index (χ0n) is 7.95. The van der Waals surface area contributed by atoms with Gasteiger partial charge < -0.3 is 4.74 Å². The molecule has 0 aliphatic heterocycles. The van der Waals surface area contributed by atoms with Crippen LogP contribution >= 0.6 is 12.8 Å². The maximum absolute atomic E-state index is 5.62. The second kappa shape index (κ2) is 5.14. The highest BCUT2D eigenvalue weighted by Gasteiger charge is 2.02. The number of rotatable bonds is 4. The molecule has 0 bridgehead atoms. The lowest BCUT2D eigenvalue weighted by Gasteiger charge is -2.13. The van der Waals surface area contributed by atoms with Crippen molar-refractivity contribution < 1.29 is 4.74 Å². The second-order valence-electron chi connectivity index (χ2n) is 3.11. The molecule has 0 aromatic heterocycles. The van der Waals surface area contributed by atoms with Gasteiger partial charge in [-0.3, -0.25) is 4.72 Å². The summed E-state index contributed by atoms with van der Waals surface area (Å²) in [6, 6.07) is 7.97. The van der Waals surface area contributed by atoms with Crippen LogP contribution in [0.1, 0.15) is 19.4 Å². The SMILES string of the molecule is CC(C)Oc1ccccc1CNS. The highest BCUT2D eigenvalue weighted by Crippen LogP contribution is 2.18. The lowest BCUT2D eigenvalue weighted by Crippen LogP contribution is -2.09. The van der Waals surface area contributed by atoms with Gasteiger partial charge in [-0.15, -0.1) is 0 Å². The molecule has 1 N–H and O–H groups in total. The molecule has 0 aliphatic carbocycles. The highest BCUT2D eigenvalue weighted by molar-refractivity contribution is 7.78. The molecule has 0 amide bonds. The molecule has 0 atom stereocenters. The topological polar surface area (TPSA) is 21.3 Å². The summed E-state index contributed by atoms with van der Waals surface area (Å²) in [6.07, 6.45) is 0.209. The molecule has 0 fully saturated rings. The first-order valence-corrected chi connectivity index (χ1v) is 4.80. The first-order chi connectivity index (χ1) is 6.24. The Kier molecular flexibility index (Phi) is 4.12. The van der Waals surface area contributed by atoms with Crippen LogP contribution in [0.4, 0.5) is 0 Å². The summed E-state index contributed by atoms with van der Waals surface area (Å²) in [5.41, 5.74) is 1.13. The third-order valence-corrected chi connectivity index (χ3v) is 1.76. The van der Waals surface area contributed by atoms with Crippen molar-refractivity contribution in [3.8, 4) is 5.75 Å². The third kappa shape index (κ3) is 3.28. The number of nitrogens with one attached hydrogen (secondary N) is 1. The summed E-state index contributed by atoms with van der Waals surface area (Å²) in [7, 11) is 0. The Morgan fingerprint density at radius 1 is 1.38 bits per heavy atom. The predicted molar refractivity (Wildman–Crippen MR) is 58.0 cm³/mol. The molecule has 0 unspecified atom stereocenters. The van der Waals surface area contributed by atoms with Crippen LogP contribution in [0.3, 0.4) is 0 Å². The smallest absolute Gasteiger partial charge is 0.124 e. The van der Waals surface area contributed by atoms with E-state index in [0.717, 1.165) is 11.3 Å². The maximum Gasteiger partial charge on any atom is 0.124 e. The Morgan fingerprint density at radius 2 is 2.08 bits per heavy atom. The zero-order chi connectivity index (χ0) is 9.68. The van der Waals surface area contributed by atoms with E-state index >= 15 is 0 Å². The van der Waals surface area contributed by atoms with Crippen molar-refractivity contribution in [2.24, 2.45) is 0 Å². The highest BCUT2D eigenvalue weighted by atomic mass is 32.1. The third-order valence-electron chi connectivity index (χ3n) is 1.60. The monoisotopic (exact) mass is 197 g/mol. The average molecular weight is 197 g/mol. The molecule has 0 saturated heterocycles. The minimum absolute atomic E-state index is 0.209. The first kappa shape index (κ1) is 10.4. The molecule has 0 aliphatic rings. The van der Waals surface area contributed by atoms with Crippen molar-refractivity contribution in [3.05, 3.63) is 29.8 Å². The van der Waals surface area contributed by atoms with Gasteiger partial charge in [0.25, 0.3) is 0 Å². The van der Waals surface area contributed by atoms with Gasteiger partial charge in [-0.1, -0.05) is 31.0 Å². The summed E-state index contributed by atoms with van der Waals surface area (Å²) in [5, 5.41) is 0. The van der Waals surface area contributed by atoms with E-state index in [2.05, 4.69) is 17.5 Å². The summed E-state index contributed by atoms with van der Waals surface area (Å²) < 4.78 is 8.44. The average Bonchev–Trinajstić information content (AvgIpc) is 2.08. The standard InChI is InChI=1S/C10H15NOS/c1-8(2)12-10-6-4-3-5-9(10)7-11-13/h3-6,8,11,13H,7H2,1-2H3. The van der Waals surface area contributed by atoms with Crippen molar-refractivity contribution in [2.45, 2.75) is 26.5 Å². The molecule has 0 heterocycles. The molecular formula is C10H15NOS. The molecule has 72 valence electrons. The van der Waals surface area contributed by atoms with Gasteiger partial charge in [-0.2, -0.15) is 0 Å². The van der Waals surface area contributed by atoms with Gasteiger partial charge in [0.1, 0.15) is 5.75 Å². The van der Waals surface area contributed by atoms with Crippen LogP contribution in [-0.4, -0.2) is 6.10 Å². The Morgan fingerprint density at radius 3 is 2.69 bits per heavy atom. The molecule has 1 rings (SSSR count). The van der Waals surface area contributed by atoms with Gasteiger partial charge in [0.15, 0.2) is 0 Å². The minimum atomic E-state index is 0.209. The molecular weight excluding hydrogens is 182 g/mol. The van der Waals surface area contributed by atoms with E-state index in [9.17, 15) is 0 Å². The van der Waals surface area contributed by atoms with Gasteiger partial charge in [0, 0.05) is 12.1 Å². The molecule has 2 nitrogen and oxygen atoms in total. The van der Waals surface area contributed by atoms with E-state index in [0.29, 0.717) is 6.54 Å². The van der Waals surface area contributed by atoms with E-state index in [1.807, 2.05) is 38.1 Å². The van der Waals surface area contributed by atoms with Gasteiger partial charge in [-0.05, 0) is 19.9 Å². The molecule has 1 aromatic carbocycles. The molecule has 3 heteroatoms. The Bertz CT molecular complexity index is 263. The number of ether oxygens (including phenoxy) is 1. The van der Waals surface area contributed by atoms with E-state index in [4.69, 9.17) is 4.74 Å². The quantitative estimate of drug-likeness (QED) is 0.723. The maximum atomic E-state index is 5.62. The predicted octanol–water partition coefficient (Wildman–Crippen LogP) is 2.41. The van der Waals surface area contributed by atoms with Crippen molar-refractivity contribution in [2.75, 3.05) is 0 Å². The Hall–Kier alpha value is -0.670. The van der Waals surface area contributed by atoms with E-state index < -0.39 is 0 Å². The Labute approximate surface area is 84.8 Å². The fraction of sp³-hybridized carbons (Fsp3) is 0.400. The minimum Gasteiger partial charge on any atom is -0.491 e. The molecule has 0 saturated carbocycles.